The van der Waals surface area contributed by atoms with Gasteiger partial charge in [0.05, 0.1) is 11.2 Å². The van der Waals surface area contributed by atoms with Crippen molar-refractivity contribution in [1.29, 1.82) is 0 Å². The Kier molecular flexibility index (Phi) is 5.11. The van der Waals surface area contributed by atoms with E-state index < -0.39 is 0 Å². The summed E-state index contributed by atoms with van der Waals surface area (Å²) in [7, 11) is 0. The van der Waals surface area contributed by atoms with Crippen LogP contribution in [0.1, 0.15) is 35.1 Å². The Labute approximate surface area is 147 Å². The number of hydrazone groups is 1. The van der Waals surface area contributed by atoms with Gasteiger partial charge in [0, 0.05) is 5.57 Å². The number of nitrogens with zero attached hydrogens (tertiary/aromatic N) is 1. The van der Waals surface area contributed by atoms with Crippen molar-refractivity contribution in [3.63, 3.8) is 0 Å². The smallest absolute Gasteiger partial charge is 0.268 e. The van der Waals surface area contributed by atoms with Crippen LogP contribution in [0.15, 0.2) is 59.2 Å². The van der Waals surface area contributed by atoms with E-state index in [0.717, 1.165) is 24.0 Å². The Bertz CT molecular complexity index is 807. The standard InChI is InChI=1S/C20H19ClN2O/c1-14-9-11-15(12-10-14)13-22-23-20(24)18-8-4-6-16-5-2-3-7-17(16)19(18)21/h2-3,5,7,9-13H,4,6,8H2,1H3,(H,23,24)/b22-13-. The highest BCUT2D eigenvalue weighted by Gasteiger charge is 2.20. The van der Waals surface area contributed by atoms with Gasteiger partial charge in [0.1, 0.15) is 0 Å². The first-order chi connectivity index (χ1) is 11.6. The molecule has 1 amide bonds. The zero-order valence-corrected chi connectivity index (χ0v) is 14.3. The van der Waals surface area contributed by atoms with Gasteiger partial charge in [-0.15, -0.1) is 0 Å². The van der Waals surface area contributed by atoms with E-state index in [-0.39, 0.29) is 5.91 Å². The van der Waals surface area contributed by atoms with E-state index in [1.54, 1.807) is 6.21 Å². The van der Waals surface area contributed by atoms with Crippen molar-refractivity contribution in [3.8, 4) is 0 Å². The lowest BCUT2D eigenvalue weighted by Crippen LogP contribution is -2.20. The number of carbonyl (C=O) groups excluding carboxylic acids is 1. The second kappa shape index (κ2) is 7.45. The number of carbonyl (C=O) groups is 1. The molecule has 122 valence electrons. The van der Waals surface area contributed by atoms with E-state index in [9.17, 15) is 4.79 Å². The van der Waals surface area contributed by atoms with Crippen molar-refractivity contribution in [3.05, 3.63) is 76.4 Å². The largest absolute Gasteiger partial charge is 0.268 e. The molecule has 0 atom stereocenters. The molecule has 2 aromatic rings. The Morgan fingerprint density at radius 1 is 1.12 bits per heavy atom. The number of halogens is 1. The van der Waals surface area contributed by atoms with Crippen LogP contribution < -0.4 is 5.43 Å². The van der Waals surface area contributed by atoms with E-state index in [4.69, 9.17) is 11.6 Å². The summed E-state index contributed by atoms with van der Waals surface area (Å²) in [5.74, 6) is -0.236. The maximum Gasteiger partial charge on any atom is 0.268 e. The molecular weight excluding hydrogens is 320 g/mol. The van der Waals surface area contributed by atoms with Gasteiger partial charge in [-0.25, -0.2) is 5.43 Å². The van der Waals surface area contributed by atoms with E-state index in [2.05, 4.69) is 16.6 Å². The number of nitrogens with one attached hydrogen (secondary N) is 1. The molecule has 0 fully saturated rings. The summed E-state index contributed by atoms with van der Waals surface area (Å²) in [4.78, 5) is 12.4. The summed E-state index contributed by atoms with van der Waals surface area (Å²) in [6.07, 6.45) is 4.11. The average molecular weight is 339 g/mol. The topological polar surface area (TPSA) is 41.5 Å². The maximum atomic E-state index is 12.4. The van der Waals surface area contributed by atoms with Crippen LogP contribution in [-0.2, 0) is 11.2 Å². The van der Waals surface area contributed by atoms with Crippen LogP contribution in [0, 0.1) is 6.92 Å². The number of rotatable bonds is 3. The number of aryl methyl sites for hydroxylation is 2. The third kappa shape index (κ3) is 3.74. The van der Waals surface area contributed by atoms with Crippen molar-refractivity contribution in [2.75, 3.05) is 0 Å². The molecule has 24 heavy (non-hydrogen) atoms. The average Bonchev–Trinajstić information content (AvgIpc) is 2.76. The van der Waals surface area contributed by atoms with Crippen LogP contribution in [-0.4, -0.2) is 12.1 Å². The van der Waals surface area contributed by atoms with E-state index >= 15 is 0 Å². The van der Waals surface area contributed by atoms with Gasteiger partial charge in [0.2, 0.25) is 0 Å². The van der Waals surface area contributed by atoms with Crippen molar-refractivity contribution in [2.45, 2.75) is 26.2 Å². The first-order valence-corrected chi connectivity index (χ1v) is 8.40. The second-order valence-corrected chi connectivity index (χ2v) is 6.29. The first-order valence-electron chi connectivity index (χ1n) is 8.02. The van der Waals surface area contributed by atoms with Crippen LogP contribution in [0.3, 0.4) is 0 Å². The highest BCUT2D eigenvalue weighted by atomic mass is 35.5. The number of hydrogen-bond donors (Lipinski definition) is 1. The molecule has 2 aromatic carbocycles. The number of hydrogen-bond acceptors (Lipinski definition) is 2. The van der Waals surface area contributed by atoms with Crippen LogP contribution in [0.5, 0.6) is 0 Å². The highest BCUT2D eigenvalue weighted by molar-refractivity contribution is 6.51. The van der Waals surface area contributed by atoms with E-state index in [0.29, 0.717) is 17.0 Å². The van der Waals surface area contributed by atoms with Gasteiger partial charge in [-0.3, -0.25) is 4.79 Å². The molecule has 0 aliphatic heterocycles. The van der Waals surface area contributed by atoms with Gasteiger partial charge in [-0.1, -0.05) is 65.7 Å². The molecule has 3 rings (SSSR count). The minimum Gasteiger partial charge on any atom is -0.268 e. The predicted octanol–water partition coefficient (Wildman–Crippen LogP) is 4.43. The predicted molar refractivity (Wildman–Crippen MR) is 99.1 cm³/mol. The van der Waals surface area contributed by atoms with E-state index in [1.165, 1.54) is 11.1 Å². The number of fused-ring (bicyclic) bond motifs is 1. The fourth-order valence-electron chi connectivity index (χ4n) is 2.78. The molecule has 0 saturated heterocycles. The molecule has 0 unspecified atom stereocenters. The van der Waals surface area contributed by atoms with Gasteiger partial charge in [0.25, 0.3) is 5.91 Å². The molecule has 1 N–H and O–H groups in total. The third-order valence-corrected chi connectivity index (χ3v) is 4.55. The molecule has 0 aromatic heterocycles. The lowest BCUT2D eigenvalue weighted by atomic mass is 10.0. The molecule has 1 aliphatic carbocycles. The number of amides is 1. The summed E-state index contributed by atoms with van der Waals surface area (Å²) < 4.78 is 0. The lowest BCUT2D eigenvalue weighted by Gasteiger charge is -2.07. The summed E-state index contributed by atoms with van der Waals surface area (Å²) in [5.41, 5.74) is 7.45. The van der Waals surface area contributed by atoms with Gasteiger partial charge in [-0.05, 0) is 42.9 Å². The Balaban J connectivity index is 1.75. The van der Waals surface area contributed by atoms with Gasteiger partial charge in [0.15, 0.2) is 0 Å². The molecule has 0 bridgehead atoms. The van der Waals surface area contributed by atoms with Crippen molar-refractivity contribution >= 4 is 28.8 Å². The molecule has 0 radical (unpaired) electrons. The first kappa shape index (κ1) is 16.5. The summed E-state index contributed by atoms with van der Waals surface area (Å²) in [5, 5.41) is 4.58. The summed E-state index contributed by atoms with van der Waals surface area (Å²) in [6, 6.07) is 15.9. The summed E-state index contributed by atoms with van der Waals surface area (Å²) >= 11 is 6.49. The minimum absolute atomic E-state index is 0.236. The van der Waals surface area contributed by atoms with Crippen molar-refractivity contribution in [1.82, 2.24) is 5.43 Å². The van der Waals surface area contributed by atoms with Gasteiger partial charge < -0.3 is 0 Å². The van der Waals surface area contributed by atoms with Gasteiger partial charge >= 0.3 is 0 Å². The fraction of sp³-hybridized carbons (Fsp3) is 0.200. The molecule has 3 nitrogen and oxygen atoms in total. The van der Waals surface area contributed by atoms with Crippen molar-refractivity contribution < 1.29 is 4.79 Å². The molecule has 4 heteroatoms. The molecule has 1 aliphatic rings. The maximum absolute atomic E-state index is 12.4. The minimum atomic E-state index is -0.236. The summed E-state index contributed by atoms with van der Waals surface area (Å²) in [6.45, 7) is 2.03. The quantitative estimate of drug-likeness (QED) is 0.652. The zero-order valence-electron chi connectivity index (χ0n) is 13.6. The van der Waals surface area contributed by atoms with Crippen molar-refractivity contribution in [2.24, 2.45) is 5.10 Å². The Hall–Kier alpha value is -2.39. The van der Waals surface area contributed by atoms with Crippen LogP contribution in [0.25, 0.3) is 5.03 Å². The monoisotopic (exact) mass is 338 g/mol. The van der Waals surface area contributed by atoms with Crippen LogP contribution >= 0.6 is 11.6 Å². The fourth-order valence-corrected chi connectivity index (χ4v) is 3.14. The van der Waals surface area contributed by atoms with Crippen LogP contribution in [0.2, 0.25) is 0 Å². The third-order valence-electron chi connectivity index (χ3n) is 4.12. The molecule has 0 spiro atoms. The molecule has 0 saturated carbocycles. The number of benzene rings is 2. The normalized spacial score (nSPS) is 14.4. The Morgan fingerprint density at radius 2 is 1.88 bits per heavy atom. The second-order valence-electron chi connectivity index (χ2n) is 5.91. The van der Waals surface area contributed by atoms with Gasteiger partial charge in [-0.2, -0.15) is 5.10 Å². The Morgan fingerprint density at radius 3 is 2.67 bits per heavy atom. The van der Waals surface area contributed by atoms with E-state index in [1.807, 2.05) is 49.4 Å². The highest BCUT2D eigenvalue weighted by Crippen LogP contribution is 2.32. The zero-order chi connectivity index (χ0) is 16.9. The SMILES string of the molecule is Cc1ccc(/C=N\NC(=O)C2=C(Cl)c3ccccc3CCC2)cc1. The molecule has 0 heterocycles. The molecular formula is C20H19ClN2O. The van der Waals surface area contributed by atoms with Crippen LogP contribution in [0.4, 0.5) is 0 Å². The lowest BCUT2D eigenvalue weighted by molar-refractivity contribution is -0.117.